The van der Waals surface area contributed by atoms with Crippen LogP contribution >= 0.6 is 12.6 Å². The summed E-state index contributed by atoms with van der Waals surface area (Å²) in [4.78, 5) is 13.9. The standard InChI is InChI=1S/C13H23NO2S/c1-14(9-11-4-2-3-7-16-11)12(15)8-13(10-17)5-6-13/h11,17H,2-10H2,1H3. The highest BCUT2D eigenvalue weighted by Crippen LogP contribution is 2.49. The zero-order valence-corrected chi connectivity index (χ0v) is 11.5. The van der Waals surface area contributed by atoms with Gasteiger partial charge in [-0.2, -0.15) is 12.6 Å². The number of hydrogen-bond acceptors (Lipinski definition) is 3. The van der Waals surface area contributed by atoms with Gasteiger partial charge in [-0.15, -0.1) is 0 Å². The van der Waals surface area contributed by atoms with Crippen LogP contribution in [0.4, 0.5) is 0 Å². The molecule has 2 aliphatic rings. The van der Waals surface area contributed by atoms with Crippen LogP contribution in [0.15, 0.2) is 0 Å². The molecule has 0 spiro atoms. The van der Waals surface area contributed by atoms with Crippen molar-refractivity contribution >= 4 is 18.5 Å². The van der Waals surface area contributed by atoms with Crippen molar-refractivity contribution in [3.63, 3.8) is 0 Å². The van der Waals surface area contributed by atoms with E-state index < -0.39 is 0 Å². The van der Waals surface area contributed by atoms with Crippen molar-refractivity contribution in [2.24, 2.45) is 5.41 Å². The molecule has 0 aromatic heterocycles. The van der Waals surface area contributed by atoms with Gasteiger partial charge in [0.25, 0.3) is 0 Å². The monoisotopic (exact) mass is 257 g/mol. The molecular formula is C13H23NO2S. The summed E-state index contributed by atoms with van der Waals surface area (Å²) < 4.78 is 5.66. The van der Waals surface area contributed by atoms with E-state index in [2.05, 4.69) is 12.6 Å². The number of thiol groups is 1. The Labute approximate surface area is 109 Å². The van der Waals surface area contributed by atoms with Crippen molar-refractivity contribution < 1.29 is 9.53 Å². The highest BCUT2D eigenvalue weighted by Gasteiger charge is 2.43. The number of nitrogens with zero attached hydrogens (tertiary/aromatic N) is 1. The number of carbonyl (C=O) groups excluding carboxylic acids is 1. The lowest BCUT2D eigenvalue weighted by molar-refractivity contribution is -0.133. The third-order valence-corrected chi connectivity index (χ3v) is 4.67. The third kappa shape index (κ3) is 3.62. The third-order valence-electron chi connectivity index (χ3n) is 4.00. The molecule has 1 saturated heterocycles. The fourth-order valence-corrected chi connectivity index (χ4v) is 2.81. The topological polar surface area (TPSA) is 29.5 Å². The predicted molar refractivity (Wildman–Crippen MR) is 71.4 cm³/mol. The predicted octanol–water partition coefficient (Wildman–Crippen LogP) is 2.11. The Morgan fingerprint density at radius 3 is 2.76 bits per heavy atom. The zero-order chi connectivity index (χ0) is 12.3. The average Bonchev–Trinajstić information content (AvgIpc) is 3.11. The smallest absolute Gasteiger partial charge is 0.222 e. The first-order chi connectivity index (χ1) is 8.15. The summed E-state index contributed by atoms with van der Waals surface area (Å²) in [7, 11) is 1.90. The molecule has 0 bridgehead atoms. The zero-order valence-electron chi connectivity index (χ0n) is 10.7. The number of carbonyl (C=O) groups is 1. The van der Waals surface area contributed by atoms with E-state index in [0.717, 1.165) is 44.6 Å². The molecule has 0 aromatic carbocycles. The largest absolute Gasteiger partial charge is 0.376 e. The van der Waals surface area contributed by atoms with Gasteiger partial charge in [0, 0.05) is 26.6 Å². The first-order valence-electron chi connectivity index (χ1n) is 6.62. The van der Waals surface area contributed by atoms with E-state index in [-0.39, 0.29) is 17.4 Å². The Hall–Kier alpha value is -0.220. The minimum Gasteiger partial charge on any atom is -0.376 e. The molecule has 2 rings (SSSR count). The highest BCUT2D eigenvalue weighted by molar-refractivity contribution is 7.80. The number of ether oxygens (including phenoxy) is 1. The first-order valence-corrected chi connectivity index (χ1v) is 7.25. The van der Waals surface area contributed by atoms with Gasteiger partial charge < -0.3 is 9.64 Å². The first kappa shape index (κ1) is 13.2. The summed E-state index contributed by atoms with van der Waals surface area (Å²) in [6, 6.07) is 0. The molecule has 1 heterocycles. The molecule has 1 atom stereocenters. The van der Waals surface area contributed by atoms with Crippen molar-refractivity contribution in [3.05, 3.63) is 0 Å². The van der Waals surface area contributed by atoms with Gasteiger partial charge in [-0.05, 0) is 43.3 Å². The van der Waals surface area contributed by atoms with Crippen LogP contribution in [0.1, 0.15) is 38.5 Å². The van der Waals surface area contributed by atoms with E-state index >= 15 is 0 Å². The second-order valence-electron chi connectivity index (χ2n) is 5.60. The maximum absolute atomic E-state index is 12.1. The summed E-state index contributed by atoms with van der Waals surface area (Å²) in [6.07, 6.45) is 6.73. The summed E-state index contributed by atoms with van der Waals surface area (Å²) in [5, 5.41) is 0. The van der Waals surface area contributed by atoms with Crippen LogP contribution < -0.4 is 0 Å². The average molecular weight is 257 g/mol. The van der Waals surface area contributed by atoms with Crippen molar-refractivity contribution in [1.82, 2.24) is 4.90 Å². The van der Waals surface area contributed by atoms with Gasteiger partial charge in [0.1, 0.15) is 0 Å². The maximum atomic E-state index is 12.1. The van der Waals surface area contributed by atoms with Crippen LogP contribution in [0.3, 0.4) is 0 Å². The number of likely N-dealkylation sites (N-methyl/N-ethyl adjacent to an activating group) is 1. The van der Waals surface area contributed by atoms with Crippen molar-refractivity contribution in [2.75, 3.05) is 26.0 Å². The Bertz CT molecular complexity index is 273. The van der Waals surface area contributed by atoms with Crippen molar-refractivity contribution in [1.29, 1.82) is 0 Å². The molecule has 4 heteroatoms. The molecule has 0 radical (unpaired) electrons. The highest BCUT2D eigenvalue weighted by atomic mass is 32.1. The van der Waals surface area contributed by atoms with E-state index in [1.807, 2.05) is 11.9 Å². The van der Waals surface area contributed by atoms with Crippen LogP contribution in [-0.2, 0) is 9.53 Å². The Balaban J connectivity index is 1.74. The fourth-order valence-electron chi connectivity index (χ4n) is 2.38. The SMILES string of the molecule is CN(CC1CCCCO1)C(=O)CC1(CS)CC1. The molecule has 0 aromatic rings. The van der Waals surface area contributed by atoms with Gasteiger partial charge in [-0.1, -0.05) is 0 Å². The quantitative estimate of drug-likeness (QED) is 0.765. The van der Waals surface area contributed by atoms with Crippen molar-refractivity contribution in [3.8, 4) is 0 Å². The Morgan fingerprint density at radius 1 is 1.47 bits per heavy atom. The molecule has 1 aliphatic carbocycles. The molecule has 1 aliphatic heterocycles. The lowest BCUT2D eigenvalue weighted by Crippen LogP contribution is -2.38. The summed E-state index contributed by atoms with van der Waals surface area (Å²) in [5.41, 5.74) is 0.224. The maximum Gasteiger partial charge on any atom is 0.222 e. The molecule has 3 nitrogen and oxygen atoms in total. The minimum atomic E-state index is 0.224. The molecule has 17 heavy (non-hydrogen) atoms. The number of amides is 1. The molecule has 98 valence electrons. The van der Waals surface area contributed by atoms with Crippen LogP contribution in [0, 0.1) is 5.41 Å². The van der Waals surface area contributed by atoms with Gasteiger partial charge in [0.15, 0.2) is 0 Å². The molecule has 1 amide bonds. The van der Waals surface area contributed by atoms with E-state index in [1.54, 1.807) is 0 Å². The lowest BCUT2D eigenvalue weighted by atomic mass is 10.0. The van der Waals surface area contributed by atoms with Crippen LogP contribution in [0.5, 0.6) is 0 Å². The lowest BCUT2D eigenvalue weighted by Gasteiger charge is -2.28. The van der Waals surface area contributed by atoms with Gasteiger partial charge in [-0.25, -0.2) is 0 Å². The van der Waals surface area contributed by atoms with E-state index in [1.165, 1.54) is 6.42 Å². The fraction of sp³-hybridized carbons (Fsp3) is 0.923. The minimum absolute atomic E-state index is 0.224. The van der Waals surface area contributed by atoms with Crippen LogP contribution in [0.2, 0.25) is 0 Å². The van der Waals surface area contributed by atoms with Gasteiger partial charge in [0.05, 0.1) is 6.10 Å². The van der Waals surface area contributed by atoms with Gasteiger partial charge in [-0.3, -0.25) is 4.79 Å². The molecular weight excluding hydrogens is 234 g/mol. The van der Waals surface area contributed by atoms with Crippen LogP contribution in [0.25, 0.3) is 0 Å². The van der Waals surface area contributed by atoms with Gasteiger partial charge in [0.2, 0.25) is 5.91 Å². The Kier molecular flexibility index (Phi) is 4.36. The van der Waals surface area contributed by atoms with E-state index in [9.17, 15) is 4.79 Å². The summed E-state index contributed by atoms with van der Waals surface area (Å²) >= 11 is 4.34. The molecule has 1 unspecified atom stereocenters. The number of rotatable bonds is 5. The normalized spacial score (nSPS) is 26.6. The van der Waals surface area contributed by atoms with Gasteiger partial charge >= 0.3 is 0 Å². The molecule has 1 saturated carbocycles. The second-order valence-corrected chi connectivity index (χ2v) is 5.91. The summed E-state index contributed by atoms with van der Waals surface area (Å²) in [5.74, 6) is 1.10. The molecule has 2 fully saturated rings. The number of hydrogen-bond donors (Lipinski definition) is 1. The Morgan fingerprint density at radius 2 is 2.24 bits per heavy atom. The van der Waals surface area contributed by atoms with E-state index in [0.29, 0.717) is 6.42 Å². The summed E-state index contributed by atoms with van der Waals surface area (Å²) in [6.45, 7) is 1.61. The second kappa shape index (κ2) is 5.61. The van der Waals surface area contributed by atoms with E-state index in [4.69, 9.17) is 4.74 Å². The van der Waals surface area contributed by atoms with Crippen LogP contribution in [-0.4, -0.2) is 42.9 Å². The molecule has 0 N–H and O–H groups in total. The van der Waals surface area contributed by atoms with Crippen molar-refractivity contribution in [2.45, 2.75) is 44.6 Å².